The Morgan fingerprint density at radius 3 is 2.53 bits per heavy atom. The molecular formula is C15H15N3O. The average molecular weight is 253 g/mol. The van der Waals surface area contributed by atoms with Gasteiger partial charge < -0.3 is 15.0 Å². The van der Waals surface area contributed by atoms with E-state index in [1.54, 1.807) is 13.4 Å². The maximum Gasteiger partial charge on any atom is 0.131 e. The number of nitrogens with zero attached hydrogens (tertiary/aromatic N) is 2. The Morgan fingerprint density at radius 2 is 1.84 bits per heavy atom. The Kier molecular flexibility index (Phi) is 2.63. The fourth-order valence-electron chi connectivity index (χ4n) is 2.16. The lowest BCUT2D eigenvalue weighted by Gasteiger charge is -2.05. The topological polar surface area (TPSA) is 53.1 Å². The smallest absolute Gasteiger partial charge is 0.131 e. The Hall–Kier alpha value is -2.49. The number of ether oxygens (including phenoxy) is 1. The molecular weight excluding hydrogens is 238 g/mol. The van der Waals surface area contributed by atoms with Crippen molar-refractivity contribution in [3.63, 3.8) is 0 Å². The Balaban J connectivity index is 2.14. The summed E-state index contributed by atoms with van der Waals surface area (Å²) in [4.78, 5) is 4.34. The SMILES string of the molecule is COc1ccc2cc(-c3ncn(C)c3N)ccc2c1. The van der Waals surface area contributed by atoms with Crippen molar-refractivity contribution in [2.75, 3.05) is 12.8 Å². The minimum Gasteiger partial charge on any atom is -0.497 e. The number of hydrogen-bond donors (Lipinski definition) is 1. The molecule has 4 nitrogen and oxygen atoms in total. The number of nitrogens with two attached hydrogens (primary N) is 1. The maximum absolute atomic E-state index is 6.00. The second kappa shape index (κ2) is 4.31. The predicted octanol–water partition coefficient (Wildman–Crippen LogP) is 2.83. The van der Waals surface area contributed by atoms with Gasteiger partial charge in [-0.3, -0.25) is 0 Å². The van der Waals surface area contributed by atoms with Crippen molar-refractivity contribution in [1.29, 1.82) is 0 Å². The molecule has 1 heterocycles. The molecule has 0 bridgehead atoms. The van der Waals surface area contributed by atoms with Gasteiger partial charge in [-0.05, 0) is 29.0 Å². The minimum atomic E-state index is 0.674. The van der Waals surface area contributed by atoms with Gasteiger partial charge in [0.25, 0.3) is 0 Å². The molecule has 0 saturated carbocycles. The van der Waals surface area contributed by atoms with Crippen molar-refractivity contribution in [3.8, 4) is 17.0 Å². The summed E-state index contributed by atoms with van der Waals surface area (Å²) in [6.45, 7) is 0. The summed E-state index contributed by atoms with van der Waals surface area (Å²) >= 11 is 0. The second-order valence-electron chi connectivity index (χ2n) is 4.52. The van der Waals surface area contributed by atoms with Gasteiger partial charge >= 0.3 is 0 Å². The number of nitrogen functional groups attached to an aromatic ring is 1. The fourth-order valence-corrected chi connectivity index (χ4v) is 2.16. The van der Waals surface area contributed by atoms with Gasteiger partial charge in [0.05, 0.1) is 13.4 Å². The van der Waals surface area contributed by atoms with Crippen molar-refractivity contribution < 1.29 is 4.74 Å². The van der Waals surface area contributed by atoms with E-state index in [0.717, 1.165) is 27.8 Å². The number of methoxy groups -OCH3 is 1. The van der Waals surface area contributed by atoms with E-state index in [9.17, 15) is 0 Å². The molecule has 0 radical (unpaired) electrons. The molecule has 0 amide bonds. The highest BCUT2D eigenvalue weighted by molar-refractivity contribution is 5.89. The van der Waals surface area contributed by atoms with Gasteiger partial charge in [0.1, 0.15) is 17.3 Å². The lowest BCUT2D eigenvalue weighted by atomic mass is 10.0. The van der Waals surface area contributed by atoms with Crippen LogP contribution in [-0.2, 0) is 7.05 Å². The summed E-state index contributed by atoms with van der Waals surface area (Å²) in [6, 6.07) is 12.2. The summed E-state index contributed by atoms with van der Waals surface area (Å²) in [5.74, 6) is 1.53. The van der Waals surface area contributed by atoms with Crippen LogP contribution in [0.4, 0.5) is 5.82 Å². The molecule has 0 aliphatic rings. The lowest BCUT2D eigenvalue weighted by molar-refractivity contribution is 0.415. The van der Waals surface area contributed by atoms with Gasteiger partial charge in [-0.1, -0.05) is 18.2 Å². The van der Waals surface area contributed by atoms with Gasteiger partial charge in [-0.25, -0.2) is 4.98 Å². The molecule has 0 atom stereocenters. The van der Waals surface area contributed by atoms with Crippen molar-refractivity contribution in [2.24, 2.45) is 7.05 Å². The number of fused-ring (bicyclic) bond motifs is 1. The fraction of sp³-hybridized carbons (Fsp3) is 0.133. The molecule has 1 aromatic heterocycles. The standard InChI is InChI=1S/C15H15N3O/c1-18-9-17-14(15(18)16)12-4-3-11-8-13(19-2)6-5-10(11)7-12/h3-9H,16H2,1-2H3. The van der Waals surface area contributed by atoms with E-state index < -0.39 is 0 Å². The van der Waals surface area contributed by atoms with Crippen molar-refractivity contribution in [3.05, 3.63) is 42.7 Å². The third kappa shape index (κ3) is 1.91. The van der Waals surface area contributed by atoms with Gasteiger partial charge in [-0.15, -0.1) is 0 Å². The van der Waals surface area contributed by atoms with E-state index in [-0.39, 0.29) is 0 Å². The highest BCUT2D eigenvalue weighted by Gasteiger charge is 2.08. The Morgan fingerprint density at radius 1 is 1.11 bits per heavy atom. The largest absolute Gasteiger partial charge is 0.497 e. The second-order valence-corrected chi connectivity index (χ2v) is 4.52. The zero-order valence-electron chi connectivity index (χ0n) is 10.9. The number of hydrogen-bond acceptors (Lipinski definition) is 3. The van der Waals surface area contributed by atoms with E-state index in [0.29, 0.717) is 5.82 Å². The first kappa shape index (κ1) is 11.6. The zero-order chi connectivity index (χ0) is 13.4. The molecule has 19 heavy (non-hydrogen) atoms. The van der Waals surface area contributed by atoms with Gasteiger partial charge in [0.2, 0.25) is 0 Å². The van der Waals surface area contributed by atoms with Crippen molar-refractivity contribution in [1.82, 2.24) is 9.55 Å². The molecule has 4 heteroatoms. The van der Waals surface area contributed by atoms with Crippen LogP contribution in [0.1, 0.15) is 0 Å². The van der Waals surface area contributed by atoms with Crippen LogP contribution in [0, 0.1) is 0 Å². The number of aryl methyl sites for hydroxylation is 1. The first-order chi connectivity index (χ1) is 9.19. The van der Waals surface area contributed by atoms with E-state index >= 15 is 0 Å². The average Bonchev–Trinajstić information content (AvgIpc) is 2.78. The summed E-state index contributed by atoms with van der Waals surface area (Å²) < 4.78 is 7.04. The molecule has 3 aromatic rings. The minimum absolute atomic E-state index is 0.674. The number of anilines is 1. The molecule has 2 N–H and O–H groups in total. The van der Waals surface area contributed by atoms with Gasteiger partial charge in [0, 0.05) is 12.6 Å². The van der Waals surface area contributed by atoms with Crippen LogP contribution in [0.15, 0.2) is 42.7 Å². The molecule has 2 aromatic carbocycles. The van der Waals surface area contributed by atoms with Crippen LogP contribution >= 0.6 is 0 Å². The predicted molar refractivity (Wildman–Crippen MR) is 77.1 cm³/mol. The van der Waals surface area contributed by atoms with E-state index in [1.165, 1.54) is 0 Å². The quantitative estimate of drug-likeness (QED) is 0.764. The molecule has 0 unspecified atom stereocenters. The highest BCUT2D eigenvalue weighted by Crippen LogP contribution is 2.28. The van der Waals surface area contributed by atoms with Gasteiger partial charge in [-0.2, -0.15) is 0 Å². The normalized spacial score (nSPS) is 10.8. The number of rotatable bonds is 2. The van der Waals surface area contributed by atoms with Crippen molar-refractivity contribution >= 4 is 16.6 Å². The summed E-state index contributed by atoms with van der Waals surface area (Å²) in [5, 5.41) is 2.28. The summed E-state index contributed by atoms with van der Waals surface area (Å²) in [5.41, 5.74) is 7.85. The van der Waals surface area contributed by atoms with E-state index in [4.69, 9.17) is 10.5 Å². The molecule has 0 spiro atoms. The zero-order valence-corrected chi connectivity index (χ0v) is 10.9. The van der Waals surface area contributed by atoms with Crippen LogP contribution in [-0.4, -0.2) is 16.7 Å². The third-order valence-corrected chi connectivity index (χ3v) is 3.30. The summed E-state index contributed by atoms with van der Waals surface area (Å²) in [7, 11) is 3.56. The first-order valence-corrected chi connectivity index (χ1v) is 6.04. The number of benzene rings is 2. The van der Waals surface area contributed by atoms with E-state index in [2.05, 4.69) is 17.1 Å². The van der Waals surface area contributed by atoms with Gasteiger partial charge in [0.15, 0.2) is 0 Å². The Bertz CT molecular complexity index is 746. The maximum atomic E-state index is 6.00. The molecule has 0 saturated heterocycles. The first-order valence-electron chi connectivity index (χ1n) is 6.04. The summed E-state index contributed by atoms with van der Waals surface area (Å²) in [6.07, 6.45) is 1.73. The number of imidazole rings is 1. The van der Waals surface area contributed by atoms with Crippen LogP contribution in [0.25, 0.3) is 22.0 Å². The monoisotopic (exact) mass is 253 g/mol. The molecule has 0 aliphatic heterocycles. The Labute approximate surface area is 111 Å². The van der Waals surface area contributed by atoms with E-state index in [1.807, 2.05) is 35.9 Å². The molecule has 0 fully saturated rings. The van der Waals surface area contributed by atoms with Crippen LogP contribution in [0.5, 0.6) is 5.75 Å². The van der Waals surface area contributed by atoms with Crippen LogP contribution < -0.4 is 10.5 Å². The molecule has 0 aliphatic carbocycles. The third-order valence-electron chi connectivity index (χ3n) is 3.30. The molecule has 96 valence electrons. The van der Waals surface area contributed by atoms with Crippen molar-refractivity contribution in [2.45, 2.75) is 0 Å². The lowest BCUT2D eigenvalue weighted by Crippen LogP contribution is -1.95. The van der Waals surface area contributed by atoms with Crippen LogP contribution in [0.2, 0.25) is 0 Å². The van der Waals surface area contributed by atoms with Crippen LogP contribution in [0.3, 0.4) is 0 Å². The molecule has 3 rings (SSSR count). The highest BCUT2D eigenvalue weighted by atomic mass is 16.5. The number of aromatic nitrogens is 2.